The minimum atomic E-state index is 0.202. The highest BCUT2D eigenvalue weighted by molar-refractivity contribution is 5.80. The Morgan fingerprint density at radius 1 is 1.46 bits per heavy atom. The molecular weight excluding hydrogens is 162 g/mol. The molecule has 1 N–H and O–H groups in total. The van der Waals surface area contributed by atoms with Crippen molar-refractivity contribution in [1.29, 1.82) is 0 Å². The molecule has 1 saturated carbocycles. The lowest BCUT2D eigenvalue weighted by Crippen LogP contribution is -2.23. The Labute approximate surface area is 78.0 Å². The molecule has 0 aliphatic heterocycles. The van der Waals surface area contributed by atoms with Crippen molar-refractivity contribution in [1.82, 2.24) is 5.32 Å². The van der Waals surface area contributed by atoms with Crippen LogP contribution in [-0.2, 0) is 11.3 Å². The Hall–Kier alpha value is -1.31. The van der Waals surface area contributed by atoms with Gasteiger partial charge in [-0.05, 0) is 24.5 Å². The topological polar surface area (TPSA) is 29.1 Å². The number of benzene rings is 1. The van der Waals surface area contributed by atoms with Crippen molar-refractivity contribution in [3.8, 4) is 0 Å². The summed E-state index contributed by atoms with van der Waals surface area (Å²) < 4.78 is 0. The Kier molecular flexibility index (Phi) is 2.30. The number of hydrogen-bond acceptors (Lipinski definition) is 1. The Morgan fingerprint density at radius 3 is 2.77 bits per heavy atom. The van der Waals surface area contributed by atoms with Crippen molar-refractivity contribution < 1.29 is 4.79 Å². The quantitative estimate of drug-likeness (QED) is 0.739. The number of carbonyl (C=O) groups excluding carboxylic acids is 1. The number of rotatable bonds is 3. The zero-order chi connectivity index (χ0) is 9.10. The molecule has 67 valence electrons. The Balaban J connectivity index is 1.82. The number of hydrogen-bond donors (Lipinski definition) is 1. The minimum Gasteiger partial charge on any atom is -0.352 e. The molecule has 1 aliphatic carbocycles. The second-order valence-corrected chi connectivity index (χ2v) is 3.40. The Bertz CT molecular complexity index is 290. The average Bonchev–Trinajstić information content (AvgIpc) is 2.99. The lowest BCUT2D eigenvalue weighted by molar-refractivity contribution is -0.122. The largest absolute Gasteiger partial charge is 0.352 e. The van der Waals surface area contributed by atoms with Crippen LogP contribution in [0, 0.1) is 12.0 Å². The molecule has 2 rings (SSSR count). The normalized spacial score (nSPS) is 15.4. The molecule has 1 radical (unpaired) electrons. The maximum atomic E-state index is 11.3. The number of nitrogens with one attached hydrogen (secondary N) is 1. The summed E-state index contributed by atoms with van der Waals surface area (Å²) in [4.78, 5) is 11.3. The smallest absolute Gasteiger partial charge is 0.223 e. The minimum absolute atomic E-state index is 0.202. The predicted molar refractivity (Wildman–Crippen MR) is 49.8 cm³/mol. The van der Waals surface area contributed by atoms with Crippen LogP contribution in [0.3, 0.4) is 0 Å². The molecule has 2 nitrogen and oxygen atoms in total. The second kappa shape index (κ2) is 3.60. The van der Waals surface area contributed by atoms with E-state index >= 15 is 0 Å². The molecule has 2 heteroatoms. The standard InChI is InChI=1S/C11H12NO/c13-11(10-6-7-10)12-8-9-4-2-1-3-5-9/h2-5,10H,6-8H2,(H,12,13). The molecule has 0 heterocycles. The van der Waals surface area contributed by atoms with Crippen molar-refractivity contribution in [2.24, 2.45) is 5.92 Å². The van der Waals surface area contributed by atoms with Crippen molar-refractivity contribution in [2.45, 2.75) is 19.4 Å². The van der Waals surface area contributed by atoms with Crippen LogP contribution in [0.1, 0.15) is 18.4 Å². The maximum Gasteiger partial charge on any atom is 0.223 e. The van der Waals surface area contributed by atoms with Crippen molar-refractivity contribution in [3.63, 3.8) is 0 Å². The lowest BCUT2D eigenvalue weighted by atomic mass is 10.2. The first-order valence-electron chi connectivity index (χ1n) is 4.59. The molecule has 0 bridgehead atoms. The van der Waals surface area contributed by atoms with Crippen molar-refractivity contribution in [2.75, 3.05) is 0 Å². The number of amides is 1. The van der Waals surface area contributed by atoms with E-state index in [2.05, 4.69) is 11.4 Å². The molecule has 0 aromatic heterocycles. The molecule has 1 aromatic rings. The summed E-state index contributed by atoms with van der Waals surface area (Å²) in [6.45, 7) is 0.643. The van der Waals surface area contributed by atoms with E-state index in [1.807, 2.05) is 24.3 Å². The summed E-state index contributed by atoms with van der Waals surface area (Å²) in [7, 11) is 0. The van der Waals surface area contributed by atoms with Crippen molar-refractivity contribution >= 4 is 5.91 Å². The van der Waals surface area contributed by atoms with E-state index in [4.69, 9.17) is 0 Å². The first-order valence-corrected chi connectivity index (χ1v) is 4.59. The first-order chi connectivity index (χ1) is 6.36. The van der Waals surface area contributed by atoms with Gasteiger partial charge in [0.2, 0.25) is 5.91 Å². The average molecular weight is 174 g/mol. The fraction of sp³-hybridized carbons (Fsp3) is 0.364. The molecule has 1 aliphatic rings. The van der Waals surface area contributed by atoms with Crippen LogP contribution in [0.4, 0.5) is 0 Å². The van der Waals surface area contributed by atoms with Gasteiger partial charge >= 0.3 is 0 Å². The van der Waals surface area contributed by atoms with Gasteiger partial charge in [-0.25, -0.2) is 0 Å². The summed E-state index contributed by atoms with van der Waals surface area (Å²) in [6.07, 6.45) is 2.13. The fourth-order valence-corrected chi connectivity index (χ4v) is 1.22. The molecule has 0 atom stereocenters. The van der Waals surface area contributed by atoms with E-state index in [1.54, 1.807) is 0 Å². The van der Waals surface area contributed by atoms with E-state index in [1.165, 1.54) is 0 Å². The summed E-state index contributed by atoms with van der Waals surface area (Å²) in [5.41, 5.74) is 1.13. The van der Waals surface area contributed by atoms with Gasteiger partial charge in [-0.1, -0.05) is 24.3 Å². The highest BCUT2D eigenvalue weighted by Gasteiger charge is 2.28. The summed E-state index contributed by atoms with van der Waals surface area (Å²) in [5.74, 6) is 0.503. The van der Waals surface area contributed by atoms with Gasteiger partial charge in [-0.15, -0.1) is 0 Å². The van der Waals surface area contributed by atoms with Gasteiger partial charge in [0.15, 0.2) is 0 Å². The molecule has 1 fully saturated rings. The third-order valence-electron chi connectivity index (χ3n) is 2.20. The van der Waals surface area contributed by atoms with Gasteiger partial charge in [0.1, 0.15) is 0 Å². The molecular formula is C11H12NO. The third-order valence-corrected chi connectivity index (χ3v) is 2.20. The molecule has 0 unspecified atom stereocenters. The van der Waals surface area contributed by atoms with Crippen LogP contribution in [0.25, 0.3) is 0 Å². The van der Waals surface area contributed by atoms with E-state index in [0.717, 1.165) is 18.4 Å². The lowest BCUT2D eigenvalue weighted by Gasteiger charge is -2.03. The van der Waals surface area contributed by atoms with Gasteiger partial charge < -0.3 is 5.32 Å². The maximum absolute atomic E-state index is 11.3. The summed E-state index contributed by atoms with van der Waals surface area (Å²) in [5, 5.41) is 2.91. The van der Waals surface area contributed by atoms with Crippen LogP contribution in [0.2, 0.25) is 0 Å². The van der Waals surface area contributed by atoms with Crippen LogP contribution in [0.15, 0.2) is 24.3 Å². The highest BCUT2D eigenvalue weighted by atomic mass is 16.2. The molecule has 1 amide bonds. The van der Waals surface area contributed by atoms with Crippen LogP contribution in [0.5, 0.6) is 0 Å². The highest BCUT2D eigenvalue weighted by Crippen LogP contribution is 2.28. The van der Waals surface area contributed by atoms with Crippen LogP contribution < -0.4 is 5.32 Å². The molecule has 0 spiro atoms. The predicted octanol–water partition coefficient (Wildman–Crippen LogP) is 1.51. The number of carbonyl (C=O) groups is 1. The summed E-state index contributed by atoms with van der Waals surface area (Å²) >= 11 is 0. The van der Waals surface area contributed by atoms with Gasteiger partial charge in [-0.3, -0.25) is 4.79 Å². The van der Waals surface area contributed by atoms with Crippen LogP contribution >= 0.6 is 0 Å². The van der Waals surface area contributed by atoms with Gasteiger partial charge in [-0.2, -0.15) is 0 Å². The Morgan fingerprint density at radius 2 is 2.15 bits per heavy atom. The zero-order valence-corrected chi connectivity index (χ0v) is 7.42. The zero-order valence-electron chi connectivity index (χ0n) is 7.42. The van der Waals surface area contributed by atoms with Gasteiger partial charge in [0.05, 0.1) is 0 Å². The fourth-order valence-electron chi connectivity index (χ4n) is 1.22. The monoisotopic (exact) mass is 174 g/mol. The van der Waals surface area contributed by atoms with E-state index in [9.17, 15) is 4.79 Å². The van der Waals surface area contributed by atoms with Crippen LogP contribution in [-0.4, -0.2) is 5.91 Å². The molecule has 13 heavy (non-hydrogen) atoms. The molecule has 1 aromatic carbocycles. The second-order valence-electron chi connectivity index (χ2n) is 3.40. The van der Waals surface area contributed by atoms with E-state index in [-0.39, 0.29) is 5.91 Å². The van der Waals surface area contributed by atoms with E-state index in [0.29, 0.717) is 12.5 Å². The van der Waals surface area contributed by atoms with E-state index < -0.39 is 0 Å². The van der Waals surface area contributed by atoms with Crippen molar-refractivity contribution in [3.05, 3.63) is 35.9 Å². The molecule has 0 saturated heterocycles. The SMILES string of the molecule is O=C(NCc1cc[c]cc1)C1CC1. The summed E-state index contributed by atoms with van der Waals surface area (Å²) in [6, 6.07) is 10.6. The first kappa shape index (κ1) is 8.30. The van der Waals surface area contributed by atoms with Gasteiger partial charge in [0.25, 0.3) is 0 Å². The van der Waals surface area contributed by atoms with Gasteiger partial charge in [0, 0.05) is 12.5 Å². The third kappa shape index (κ3) is 2.31.